The first-order chi connectivity index (χ1) is 9.34. The average Bonchev–Trinajstić information content (AvgIpc) is 2.89. The monoisotopic (exact) mass is 295 g/mol. The fourth-order valence-corrected chi connectivity index (χ4v) is 3.26. The van der Waals surface area contributed by atoms with Gasteiger partial charge in [0.05, 0.1) is 6.42 Å². The summed E-state index contributed by atoms with van der Waals surface area (Å²) >= 11 is 0. The van der Waals surface area contributed by atoms with Crippen molar-refractivity contribution in [1.82, 2.24) is 0 Å². The highest BCUT2D eigenvalue weighted by Gasteiger charge is 2.37. The Kier molecular flexibility index (Phi) is 2.80. The van der Waals surface area contributed by atoms with E-state index in [4.69, 9.17) is 5.14 Å². The van der Waals surface area contributed by atoms with E-state index in [0.29, 0.717) is 5.69 Å². The Hall–Kier alpha value is -1.93. The zero-order chi connectivity index (χ0) is 14.5. The molecule has 0 bridgehead atoms. The van der Waals surface area contributed by atoms with Crippen LogP contribution in [0.25, 0.3) is 0 Å². The minimum Gasteiger partial charge on any atom is -0.326 e. The van der Waals surface area contributed by atoms with Gasteiger partial charge in [0.15, 0.2) is 0 Å². The van der Waals surface area contributed by atoms with E-state index in [-0.39, 0.29) is 31.2 Å². The van der Waals surface area contributed by atoms with Crippen LogP contribution in [0, 0.1) is 0 Å². The number of hydrogen-bond acceptors (Lipinski definition) is 4. The van der Waals surface area contributed by atoms with Crippen LogP contribution in [0.3, 0.4) is 0 Å². The van der Waals surface area contributed by atoms with E-state index in [9.17, 15) is 18.0 Å². The molecule has 3 rings (SSSR count). The Morgan fingerprint density at radius 1 is 1.30 bits per heavy atom. The van der Waals surface area contributed by atoms with Crippen molar-refractivity contribution in [2.24, 2.45) is 5.14 Å². The van der Waals surface area contributed by atoms with Gasteiger partial charge in [-0.15, -0.1) is 0 Å². The molecule has 0 radical (unpaired) electrons. The van der Waals surface area contributed by atoms with Gasteiger partial charge in [-0.05, 0) is 23.8 Å². The number of benzene rings is 1. The molecule has 2 amide bonds. The highest BCUT2D eigenvalue weighted by Crippen LogP contribution is 2.30. The zero-order valence-corrected chi connectivity index (χ0v) is 11.3. The minimum absolute atomic E-state index is 0.0534. The van der Waals surface area contributed by atoms with Gasteiger partial charge in [-0.25, -0.2) is 13.6 Å². The van der Waals surface area contributed by atoms with Gasteiger partial charge < -0.3 is 10.2 Å². The third kappa shape index (κ3) is 2.16. The molecule has 0 aromatic heterocycles. The highest BCUT2D eigenvalue weighted by molar-refractivity contribution is 7.89. The summed E-state index contributed by atoms with van der Waals surface area (Å²) < 4.78 is 22.7. The molecular formula is C12H13N3O4S. The van der Waals surface area contributed by atoms with Crippen LogP contribution in [0.1, 0.15) is 12.0 Å². The molecule has 2 heterocycles. The summed E-state index contributed by atoms with van der Waals surface area (Å²) in [5.41, 5.74) is 2.13. The number of carbonyl (C=O) groups excluding carboxylic acids is 2. The van der Waals surface area contributed by atoms with Crippen molar-refractivity contribution in [2.45, 2.75) is 18.1 Å². The molecule has 1 aromatic carbocycles. The van der Waals surface area contributed by atoms with E-state index in [2.05, 4.69) is 5.32 Å². The number of amides is 2. The third-order valence-electron chi connectivity index (χ3n) is 3.58. The number of sulfonamides is 1. The van der Waals surface area contributed by atoms with Crippen molar-refractivity contribution in [3.05, 3.63) is 23.8 Å². The Bertz CT molecular complexity index is 713. The largest absolute Gasteiger partial charge is 0.326 e. The molecule has 3 N–H and O–H groups in total. The van der Waals surface area contributed by atoms with Crippen LogP contribution < -0.4 is 15.4 Å². The van der Waals surface area contributed by atoms with Crippen molar-refractivity contribution in [2.75, 3.05) is 16.8 Å². The molecule has 0 aliphatic carbocycles. The van der Waals surface area contributed by atoms with Crippen LogP contribution in [-0.2, 0) is 26.0 Å². The maximum Gasteiger partial charge on any atom is 0.228 e. The second-order valence-corrected chi connectivity index (χ2v) is 6.83. The Balaban J connectivity index is 1.89. The van der Waals surface area contributed by atoms with Crippen molar-refractivity contribution >= 4 is 33.2 Å². The predicted octanol–water partition coefficient (Wildman–Crippen LogP) is -0.425. The average molecular weight is 295 g/mol. The topological polar surface area (TPSA) is 110 Å². The second-order valence-electron chi connectivity index (χ2n) is 4.99. The van der Waals surface area contributed by atoms with Gasteiger partial charge in [-0.1, -0.05) is 0 Å². The maximum absolute atomic E-state index is 11.9. The predicted molar refractivity (Wildman–Crippen MR) is 72.6 cm³/mol. The fraction of sp³-hybridized carbons (Fsp3) is 0.333. The molecule has 7 nitrogen and oxygen atoms in total. The normalized spacial score (nSPS) is 22.1. The lowest BCUT2D eigenvalue weighted by atomic mass is 10.1. The van der Waals surface area contributed by atoms with Crippen molar-refractivity contribution in [3.63, 3.8) is 0 Å². The number of primary sulfonamides is 1. The molecule has 8 heteroatoms. The quantitative estimate of drug-likeness (QED) is 0.771. The molecule has 20 heavy (non-hydrogen) atoms. The lowest BCUT2D eigenvalue weighted by Gasteiger charge is -2.17. The van der Waals surface area contributed by atoms with Gasteiger partial charge in [0, 0.05) is 24.3 Å². The van der Waals surface area contributed by atoms with E-state index < -0.39 is 15.3 Å². The summed E-state index contributed by atoms with van der Waals surface area (Å²) in [6, 6.07) is 5.14. The molecule has 106 valence electrons. The van der Waals surface area contributed by atoms with Gasteiger partial charge in [0.1, 0.15) is 5.25 Å². The third-order valence-corrected chi connectivity index (χ3v) is 4.82. The number of nitrogens with zero attached hydrogens (tertiary/aromatic N) is 1. The van der Waals surface area contributed by atoms with Crippen LogP contribution in [0.2, 0.25) is 0 Å². The number of carbonyl (C=O) groups is 2. The molecule has 2 aliphatic heterocycles. The SMILES string of the molecule is NS(=O)(=O)C1CC(=O)N(c2ccc3c(c2)CC(=O)N3)C1. The molecule has 1 atom stereocenters. The lowest BCUT2D eigenvalue weighted by molar-refractivity contribution is -0.117. The first kappa shape index (κ1) is 13.1. The van der Waals surface area contributed by atoms with E-state index in [1.54, 1.807) is 18.2 Å². The number of nitrogens with two attached hydrogens (primary N) is 1. The van der Waals surface area contributed by atoms with E-state index in [0.717, 1.165) is 11.3 Å². The van der Waals surface area contributed by atoms with Gasteiger partial charge in [-0.3, -0.25) is 9.59 Å². The van der Waals surface area contributed by atoms with Crippen molar-refractivity contribution < 1.29 is 18.0 Å². The van der Waals surface area contributed by atoms with Gasteiger partial charge in [-0.2, -0.15) is 0 Å². The highest BCUT2D eigenvalue weighted by atomic mass is 32.2. The smallest absolute Gasteiger partial charge is 0.228 e. The summed E-state index contributed by atoms with van der Waals surface area (Å²) in [5, 5.41) is 6.92. The summed E-state index contributed by atoms with van der Waals surface area (Å²) in [5.74, 6) is -0.367. The first-order valence-corrected chi connectivity index (χ1v) is 7.70. The van der Waals surface area contributed by atoms with Crippen molar-refractivity contribution in [3.8, 4) is 0 Å². The van der Waals surface area contributed by atoms with E-state index >= 15 is 0 Å². The summed E-state index contributed by atoms with van der Waals surface area (Å²) in [6.07, 6.45) is 0.164. The van der Waals surface area contributed by atoms with E-state index in [1.165, 1.54) is 4.90 Å². The molecule has 1 aromatic rings. The standard InChI is InChI=1S/C12H13N3O4S/c13-20(18,19)9-5-12(17)15(6-9)8-1-2-10-7(3-8)4-11(16)14-10/h1-3,9H,4-6H2,(H,14,16)(H2,13,18,19). The maximum atomic E-state index is 11.9. The molecule has 1 fully saturated rings. The van der Waals surface area contributed by atoms with E-state index in [1.807, 2.05) is 0 Å². The fourth-order valence-electron chi connectivity index (χ4n) is 2.53. The van der Waals surface area contributed by atoms with Crippen LogP contribution in [0.5, 0.6) is 0 Å². The minimum atomic E-state index is -3.73. The molecule has 0 saturated carbocycles. The van der Waals surface area contributed by atoms with Gasteiger partial charge in [0.25, 0.3) is 0 Å². The molecule has 1 unspecified atom stereocenters. The first-order valence-electron chi connectivity index (χ1n) is 6.09. The number of anilines is 2. The van der Waals surface area contributed by atoms with Gasteiger partial charge in [0.2, 0.25) is 21.8 Å². The molecule has 2 aliphatic rings. The molecule has 1 saturated heterocycles. The number of nitrogens with one attached hydrogen (secondary N) is 1. The van der Waals surface area contributed by atoms with Crippen LogP contribution in [0.4, 0.5) is 11.4 Å². The van der Waals surface area contributed by atoms with Crippen molar-refractivity contribution in [1.29, 1.82) is 0 Å². The Morgan fingerprint density at radius 3 is 2.70 bits per heavy atom. The summed E-state index contributed by atoms with van der Waals surface area (Å²) in [7, 11) is -3.73. The Labute approximate surface area is 115 Å². The molecule has 0 spiro atoms. The summed E-state index contributed by atoms with van der Waals surface area (Å²) in [4.78, 5) is 24.6. The second kappa shape index (κ2) is 4.29. The zero-order valence-electron chi connectivity index (χ0n) is 10.5. The van der Waals surface area contributed by atoms with Crippen LogP contribution in [-0.4, -0.2) is 32.0 Å². The van der Waals surface area contributed by atoms with Crippen LogP contribution in [0.15, 0.2) is 18.2 Å². The number of fused-ring (bicyclic) bond motifs is 1. The number of hydrogen-bond donors (Lipinski definition) is 2. The number of rotatable bonds is 2. The summed E-state index contributed by atoms with van der Waals surface area (Å²) in [6.45, 7) is 0.0534. The van der Waals surface area contributed by atoms with Crippen LogP contribution >= 0.6 is 0 Å². The molecular weight excluding hydrogens is 282 g/mol. The van der Waals surface area contributed by atoms with Gasteiger partial charge >= 0.3 is 0 Å². The lowest BCUT2D eigenvalue weighted by Crippen LogP contribution is -2.32. The Morgan fingerprint density at radius 2 is 2.05 bits per heavy atom.